The molecule has 1 amide bonds. The number of amides is 1. The van der Waals surface area contributed by atoms with Gasteiger partial charge < -0.3 is 10.4 Å². The number of fused-ring (bicyclic) bond motifs is 1. The molecule has 0 aliphatic heterocycles. The van der Waals surface area contributed by atoms with Crippen LogP contribution in [0.4, 0.5) is 0 Å². The summed E-state index contributed by atoms with van der Waals surface area (Å²) in [4.78, 5) is 29.5. The van der Waals surface area contributed by atoms with Gasteiger partial charge in [0.15, 0.2) is 0 Å². The molecule has 128 valence electrons. The van der Waals surface area contributed by atoms with Crippen LogP contribution in [0.15, 0.2) is 23.1 Å². The van der Waals surface area contributed by atoms with Crippen molar-refractivity contribution in [2.24, 2.45) is 5.92 Å². The van der Waals surface area contributed by atoms with E-state index in [1.807, 2.05) is 6.92 Å². The third kappa shape index (κ3) is 2.88. The summed E-state index contributed by atoms with van der Waals surface area (Å²) in [6.45, 7) is 4.41. The van der Waals surface area contributed by atoms with Crippen LogP contribution in [0.3, 0.4) is 0 Å². The van der Waals surface area contributed by atoms with Crippen LogP contribution in [0.5, 0.6) is 5.75 Å². The number of nitrogens with zero attached hydrogens (tertiary/aromatic N) is 2. The van der Waals surface area contributed by atoms with Gasteiger partial charge in [0.05, 0.1) is 5.39 Å². The summed E-state index contributed by atoms with van der Waals surface area (Å²) in [7, 11) is 0. The molecule has 2 heterocycles. The number of nitrogens with one attached hydrogen (secondary N) is 1. The molecular formula is C18H23N3O3. The first-order valence-corrected chi connectivity index (χ1v) is 8.54. The van der Waals surface area contributed by atoms with E-state index in [0.29, 0.717) is 23.5 Å². The van der Waals surface area contributed by atoms with E-state index in [2.05, 4.69) is 17.2 Å². The van der Waals surface area contributed by atoms with Gasteiger partial charge in [0.25, 0.3) is 11.5 Å². The van der Waals surface area contributed by atoms with Crippen molar-refractivity contribution in [1.82, 2.24) is 14.9 Å². The van der Waals surface area contributed by atoms with E-state index in [9.17, 15) is 14.7 Å². The SMILES string of the molecule is CCn1c(=O)c(C(=O)NC2CCC(C)CC2)c(O)c2cccnc21. The Morgan fingerprint density at radius 1 is 1.38 bits per heavy atom. The zero-order valence-electron chi connectivity index (χ0n) is 14.1. The lowest BCUT2D eigenvalue weighted by atomic mass is 9.87. The zero-order valence-corrected chi connectivity index (χ0v) is 14.1. The largest absolute Gasteiger partial charge is 0.506 e. The lowest BCUT2D eigenvalue weighted by Gasteiger charge is -2.27. The first-order chi connectivity index (χ1) is 11.5. The predicted octanol–water partition coefficient (Wildman–Crippen LogP) is 2.43. The van der Waals surface area contributed by atoms with Crippen LogP contribution in [0.2, 0.25) is 0 Å². The molecule has 24 heavy (non-hydrogen) atoms. The molecule has 0 spiro atoms. The van der Waals surface area contributed by atoms with E-state index < -0.39 is 11.5 Å². The standard InChI is InChI=1S/C18H23N3O3/c1-3-21-16-13(5-4-10-19-16)15(22)14(18(21)24)17(23)20-12-8-6-11(2)7-9-12/h4-5,10-12,22H,3,6-9H2,1-2H3,(H,20,23). The summed E-state index contributed by atoms with van der Waals surface area (Å²) in [5.74, 6) is -0.102. The minimum atomic E-state index is -0.497. The van der Waals surface area contributed by atoms with Gasteiger partial charge in [-0.25, -0.2) is 4.98 Å². The van der Waals surface area contributed by atoms with Gasteiger partial charge in [-0.2, -0.15) is 0 Å². The summed E-state index contributed by atoms with van der Waals surface area (Å²) in [5.41, 5.74) is -0.288. The molecule has 1 fully saturated rings. The smallest absolute Gasteiger partial charge is 0.268 e. The normalized spacial score (nSPS) is 20.9. The number of carbonyl (C=O) groups excluding carboxylic acids is 1. The molecule has 1 aliphatic rings. The van der Waals surface area contributed by atoms with E-state index >= 15 is 0 Å². The highest BCUT2D eigenvalue weighted by molar-refractivity contribution is 6.01. The second kappa shape index (κ2) is 6.63. The number of hydrogen-bond acceptors (Lipinski definition) is 4. The van der Waals surface area contributed by atoms with Crippen molar-refractivity contribution in [3.8, 4) is 5.75 Å². The van der Waals surface area contributed by atoms with Crippen LogP contribution in [0.25, 0.3) is 11.0 Å². The topological polar surface area (TPSA) is 84.2 Å². The van der Waals surface area contributed by atoms with Crippen molar-refractivity contribution in [3.63, 3.8) is 0 Å². The second-order valence-electron chi connectivity index (χ2n) is 6.58. The van der Waals surface area contributed by atoms with Gasteiger partial charge in [0, 0.05) is 18.8 Å². The lowest BCUT2D eigenvalue weighted by Crippen LogP contribution is -2.40. The fraction of sp³-hybridized carbons (Fsp3) is 0.500. The maximum atomic E-state index is 12.7. The number of aromatic nitrogens is 2. The number of rotatable bonds is 3. The Labute approximate surface area is 140 Å². The Morgan fingerprint density at radius 3 is 2.75 bits per heavy atom. The third-order valence-corrected chi connectivity index (χ3v) is 4.89. The summed E-state index contributed by atoms with van der Waals surface area (Å²) in [5, 5.41) is 13.8. The van der Waals surface area contributed by atoms with Crippen molar-refractivity contribution in [2.75, 3.05) is 0 Å². The van der Waals surface area contributed by atoms with E-state index in [4.69, 9.17) is 0 Å². The van der Waals surface area contributed by atoms with Gasteiger partial charge in [-0.1, -0.05) is 6.92 Å². The minimum absolute atomic E-state index is 0.0622. The zero-order chi connectivity index (χ0) is 17.3. The van der Waals surface area contributed by atoms with Gasteiger partial charge in [-0.05, 0) is 50.7 Å². The molecule has 2 N–H and O–H groups in total. The van der Waals surface area contributed by atoms with Crippen molar-refractivity contribution < 1.29 is 9.90 Å². The maximum absolute atomic E-state index is 12.7. The number of carbonyl (C=O) groups is 1. The summed E-state index contributed by atoms with van der Waals surface area (Å²) in [6.07, 6.45) is 5.52. The van der Waals surface area contributed by atoms with Gasteiger partial charge in [0.1, 0.15) is 17.0 Å². The highest BCUT2D eigenvalue weighted by Gasteiger charge is 2.26. The number of pyridine rings is 2. The maximum Gasteiger partial charge on any atom is 0.268 e. The monoisotopic (exact) mass is 329 g/mol. The highest BCUT2D eigenvalue weighted by atomic mass is 16.3. The van der Waals surface area contributed by atoms with Crippen LogP contribution in [0, 0.1) is 5.92 Å². The van der Waals surface area contributed by atoms with Gasteiger partial charge in [-0.15, -0.1) is 0 Å². The second-order valence-corrected chi connectivity index (χ2v) is 6.58. The fourth-order valence-electron chi connectivity index (χ4n) is 3.42. The molecule has 1 saturated carbocycles. The minimum Gasteiger partial charge on any atom is -0.506 e. The Balaban J connectivity index is 1.99. The van der Waals surface area contributed by atoms with Crippen LogP contribution in [-0.2, 0) is 6.54 Å². The highest BCUT2D eigenvalue weighted by Crippen LogP contribution is 2.26. The summed E-state index contributed by atoms with van der Waals surface area (Å²) in [6, 6.07) is 3.41. The summed E-state index contributed by atoms with van der Waals surface area (Å²) >= 11 is 0. The molecule has 6 heteroatoms. The molecule has 0 aromatic carbocycles. The molecule has 2 aromatic heterocycles. The molecule has 2 aromatic rings. The Bertz CT molecular complexity index is 820. The van der Waals surface area contributed by atoms with Crippen LogP contribution in [-0.4, -0.2) is 26.6 Å². The molecule has 3 rings (SSSR count). The van der Waals surface area contributed by atoms with Crippen LogP contribution >= 0.6 is 0 Å². The molecular weight excluding hydrogens is 306 g/mol. The first kappa shape index (κ1) is 16.5. The van der Waals surface area contributed by atoms with Crippen LogP contribution < -0.4 is 10.9 Å². The number of aromatic hydroxyl groups is 1. The van der Waals surface area contributed by atoms with Gasteiger partial charge in [-0.3, -0.25) is 14.2 Å². The Morgan fingerprint density at radius 2 is 2.08 bits per heavy atom. The predicted molar refractivity (Wildman–Crippen MR) is 92.2 cm³/mol. The van der Waals surface area contributed by atoms with E-state index in [1.165, 1.54) is 4.57 Å². The Kier molecular flexibility index (Phi) is 4.55. The van der Waals surface area contributed by atoms with Crippen LogP contribution in [0.1, 0.15) is 49.9 Å². The molecule has 0 saturated heterocycles. The van der Waals surface area contributed by atoms with E-state index in [0.717, 1.165) is 25.7 Å². The average Bonchev–Trinajstić information content (AvgIpc) is 2.57. The molecule has 1 aliphatic carbocycles. The molecule has 0 unspecified atom stereocenters. The molecule has 6 nitrogen and oxygen atoms in total. The van der Waals surface area contributed by atoms with Crippen molar-refractivity contribution >= 4 is 16.9 Å². The van der Waals surface area contributed by atoms with E-state index in [-0.39, 0.29) is 17.4 Å². The molecule has 0 atom stereocenters. The number of aryl methyl sites for hydroxylation is 1. The van der Waals surface area contributed by atoms with E-state index in [1.54, 1.807) is 18.3 Å². The fourth-order valence-corrected chi connectivity index (χ4v) is 3.42. The summed E-state index contributed by atoms with van der Waals surface area (Å²) < 4.78 is 1.42. The van der Waals surface area contributed by atoms with Crippen molar-refractivity contribution in [1.29, 1.82) is 0 Å². The molecule has 0 bridgehead atoms. The molecule has 0 radical (unpaired) electrons. The van der Waals surface area contributed by atoms with Crippen molar-refractivity contribution in [3.05, 3.63) is 34.2 Å². The third-order valence-electron chi connectivity index (χ3n) is 4.89. The Hall–Kier alpha value is -2.37. The van der Waals surface area contributed by atoms with Gasteiger partial charge in [0.2, 0.25) is 0 Å². The average molecular weight is 329 g/mol. The van der Waals surface area contributed by atoms with Crippen molar-refractivity contribution in [2.45, 2.75) is 52.1 Å². The lowest BCUT2D eigenvalue weighted by molar-refractivity contribution is 0.0918. The quantitative estimate of drug-likeness (QED) is 0.906. The first-order valence-electron chi connectivity index (χ1n) is 8.54. The number of hydrogen-bond donors (Lipinski definition) is 2. The van der Waals surface area contributed by atoms with Gasteiger partial charge >= 0.3 is 0 Å².